The van der Waals surface area contributed by atoms with Gasteiger partial charge in [-0.1, -0.05) is 26.7 Å². The molecule has 0 spiro atoms. The molecular weight excluding hydrogens is 260 g/mol. The molecule has 0 amide bonds. The van der Waals surface area contributed by atoms with Crippen molar-refractivity contribution in [3.8, 4) is 0 Å². The number of hydrogen-bond donors (Lipinski definition) is 1. The van der Waals surface area contributed by atoms with Gasteiger partial charge >= 0.3 is 0 Å². The minimum absolute atomic E-state index is 0.336. The van der Waals surface area contributed by atoms with E-state index in [1.54, 1.807) is 0 Å². The van der Waals surface area contributed by atoms with Gasteiger partial charge in [-0.05, 0) is 51.6 Å². The molecular formula is C18H36N2O. The maximum Gasteiger partial charge on any atom is 0.0546 e. The van der Waals surface area contributed by atoms with Gasteiger partial charge in [0, 0.05) is 31.2 Å². The molecule has 2 fully saturated rings. The Labute approximate surface area is 131 Å². The molecule has 1 heterocycles. The lowest BCUT2D eigenvalue weighted by atomic mass is 9.80. The molecule has 2 aliphatic rings. The van der Waals surface area contributed by atoms with Gasteiger partial charge in [0.15, 0.2) is 0 Å². The Morgan fingerprint density at radius 2 is 2.14 bits per heavy atom. The van der Waals surface area contributed by atoms with E-state index in [0.717, 1.165) is 38.3 Å². The van der Waals surface area contributed by atoms with Crippen molar-refractivity contribution in [3.63, 3.8) is 0 Å². The summed E-state index contributed by atoms with van der Waals surface area (Å²) in [5, 5.41) is 3.66. The third-order valence-electron chi connectivity index (χ3n) is 5.45. The van der Waals surface area contributed by atoms with Gasteiger partial charge < -0.3 is 15.0 Å². The number of nitrogens with zero attached hydrogens (tertiary/aromatic N) is 1. The zero-order valence-electron chi connectivity index (χ0n) is 14.5. The zero-order valence-corrected chi connectivity index (χ0v) is 14.5. The Balaban J connectivity index is 1.90. The van der Waals surface area contributed by atoms with Crippen LogP contribution in [0.15, 0.2) is 0 Å². The maximum absolute atomic E-state index is 5.86. The van der Waals surface area contributed by atoms with Crippen LogP contribution in [0.25, 0.3) is 0 Å². The van der Waals surface area contributed by atoms with Crippen molar-refractivity contribution < 1.29 is 4.74 Å². The minimum atomic E-state index is 0.336. The summed E-state index contributed by atoms with van der Waals surface area (Å²) in [6.45, 7) is 10.0. The molecule has 0 aromatic carbocycles. The second-order valence-electron chi connectivity index (χ2n) is 7.67. The lowest BCUT2D eigenvalue weighted by Gasteiger charge is -2.43. The SMILES string of the molecule is CCCNCC1(CN(C)C2CCCC(C)C2)CCCOC1. The van der Waals surface area contributed by atoms with Crippen LogP contribution in [-0.2, 0) is 4.74 Å². The van der Waals surface area contributed by atoms with E-state index in [0.29, 0.717) is 5.41 Å². The summed E-state index contributed by atoms with van der Waals surface area (Å²) in [5.74, 6) is 0.906. The van der Waals surface area contributed by atoms with E-state index < -0.39 is 0 Å². The molecule has 21 heavy (non-hydrogen) atoms. The van der Waals surface area contributed by atoms with Gasteiger partial charge in [-0.25, -0.2) is 0 Å². The smallest absolute Gasteiger partial charge is 0.0546 e. The summed E-state index contributed by atoms with van der Waals surface area (Å²) in [4.78, 5) is 2.65. The third kappa shape index (κ3) is 5.22. The monoisotopic (exact) mass is 296 g/mol. The molecule has 0 aromatic heterocycles. The molecule has 0 bridgehead atoms. The van der Waals surface area contributed by atoms with Gasteiger partial charge in [0.1, 0.15) is 0 Å². The molecule has 1 saturated heterocycles. The molecule has 3 atom stereocenters. The average molecular weight is 296 g/mol. The lowest BCUT2D eigenvalue weighted by Crippen LogP contribution is -2.51. The van der Waals surface area contributed by atoms with Gasteiger partial charge in [-0.3, -0.25) is 0 Å². The van der Waals surface area contributed by atoms with Crippen LogP contribution in [-0.4, -0.2) is 50.8 Å². The zero-order chi connectivity index (χ0) is 15.1. The van der Waals surface area contributed by atoms with Gasteiger partial charge in [0.25, 0.3) is 0 Å². The Morgan fingerprint density at radius 3 is 2.81 bits per heavy atom. The Bertz CT molecular complexity index is 289. The van der Waals surface area contributed by atoms with Crippen molar-refractivity contribution in [2.24, 2.45) is 11.3 Å². The Morgan fingerprint density at radius 1 is 1.29 bits per heavy atom. The first-order valence-corrected chi connectivity index (χ1v) is 9.14. The molecule has 1 saturated carbocycles. The number of hydrogen-bond acceptors (Lipinski definition) is 3. The molecule has 1 aliphatic carbocycles. The standard InChI is InChI=1S/C18H36N2O/c1-4-10-19-13-18(9-6-11-21-15-18)14-20(3)17-8-5-7-16(2)12-17/h16-17,19H,4-15H2,1-3H3. The molecule has 0 radical (unpaired) electrons. The lowest BCUT2D eigenvalue weighted by molar-refractivity contribution is -0.0316. The van der Waals surface area contributed by atoms with E-state index in [1.807, 2.05) is 0 Å². The average Bonchev–Trinajstić information content (AvgIpc) is 2.48. The summed E-state index contributed by atoms with van der Waals surface area (Å²) in [6.07, 6.45) is 9.37. The summed E-state index contributed by atoms with van der Waals surface area (Å²) in [6, 6.07) is 0.790. The van der Waals surface area contributed by atoms with E-state index in [1.165, 1.54) is 51.5 Å². The van der Waals surface area contributed by atoms with Crippen LogP contribution in [0.3, 0.4) is 0 Å². The van der Waals surface area contributed by atoms with Crippen LogP contribution >= 0.6 is 0 Å². The van der Waals surface area contributed by atoms with Crippen LogP contribution < -0.4 is 5.32 Å². The highest BCUT2D eigenvalue weighted by molar-refractivity contribution is 4.89. The minimum Gasteiger partial charge on any atom is -0.381 e. The first kappa shape index (κ1) is 17.2. The molecule has 3 nitrogen and oxygen atoms in total. The molecule has 0 aromatic rings. The predicted octanol–water partition coefficient (Wildman–Crippen LogP) is 3.29. The van der Waals surface area contributed by atoms with E-state index in [4.69, 9.17) is 4.74 Å². The summed E-state index contributed by atoms with van der Waals surface area (Å²) < 4.78 is 5.86. The van der Waals surface area contributed by atoms with Crippen molar-refractivity contribution in [1.29, 1.82) is 0 Å². The summed E-state index contributed by atoms with van der Waals surface area (Å²) >= 11 is 0. The number of nitrogens with one attached hydrogen (secondary N) is 1. The molecule has 2 rings (SSSR count). The molecule has 1 N–H and O–H groups in total. The highest BCUT2D eigenvalue weighted by Crippen LogP contribution is 2.32. The predicted molar refractivity (Wildman–Crippen MR) is 89.7 cm³/mol. The highest BCUT2D eigenvalue weighted by atomic mass is 16.5. The fourth-order valence-electron chi connectivity index (χ4n) is 4.22. The first-order valence-electron chi connectivity index (χ1n) is 9.14. The molecule has 124 valence electrons. The van der Waals surface area contributed by atoms with Crippen LogP contribution in [0.1, 0.15) is 58.8 Å². The van der Waals surface area contributed by atoms with Gasteiger partial charge in [0.2, 0.25) is 0 Å². The van der Waals surface area contributed by atoms with Gasteiger partial charge in [0.05, 0.1) is 6.61 Å². The third-order valence-corrected chi connectivity index (χ3v) is 5.45. The molecule has 3 unspecified atom stereocenters. The van der Waals surface area contributed by atoms with Crippen LogP contribution in [0.5, 0.6) is 0 Å². The molecule has 3 heteroatoms. The fourth-order valence-corrected chi connectivity index (χ4v) is 4.22. The number of rotatable bonds is 7. The van der Waals surface area contributed by atoms with Crippen LogP contribution in [0, 0.1) is 11.3 Å². The molecule has 1 aliphatic heterocycles. The Hall–Kier alpha value is -0.120. The summed E-state index contributed by atoms with van der Waals surface area (Å²) in [7, 11) is 2.35. The van der Waals surface area contributed by atoms with Gasteiger partial charge in [-0.2, -0.15) is 0 Å². The van der Waals surface area contributed by atoms with E-state index in [2.05, 4.69) is 31.1 Å². The first-order chi connectivity index (χ1) is 10.2. The van der Waals surface area contributed by atoms with Crippen molar-refractivity contribution >= 4 is 0 Å². The second-order valence-corrected chi connectivity index (χ2v) is 7.67. The van der Waals surface area contributed by atoms with Crippen molar-refractivity contribution in [3.05, 3.63) is 0 Å². The second kappa shape index (κ2) is 8.50. The quantitative estimate of drug-likeness (QED) is 0.730. The maximum atomic E-state index is 5.86. The van der Waals surface area contributed by atoms with Crippen LogP contribution in [0.4, 0.5) is 0 Å². The van der Waals surface area contributed by atoms with Crippen molar-refractivity contribution in [2.75, 3.05) is 39.9 Å². The normalized spacial score (nSPS) is 34.3. The summed E-state index contributed by atoms with van der Waals surface area (Å²) in [5.41, 5.74) is 0.336. The number of ether oxygens (including phenoxy) is 1. The van der Waals surface area contributed by atoms with E-state index in [9.17, 15) is 0 Å². The van der Waals surface area contributed by atoms with E-state index >= 15 is 0 Å². The largest absolute Gasteiger partial charge is 0.381 e. The van der Waals surface area contributed by atoms with Crippen molar-refractivity contribution in [2.45, 2.75) is 64.8 Å². The van der Waals surface area contributed by atoms with E-state index in [-0.39, 0.29) is 0 Å². The Kier molecular flexibility index (Phi) is 6.97. The topological polar surface area (TPSA) is 24.5 Å². The van der Waals surface area contributed by atoms with Gasteiger partial charge in [-0.15, -0.1) is 0 Å². The highest BCUT2D eigenvalue weighted by Gasteiger charge is 2.35. The van der Waals surface area contributed by atoms with Crippen molar-refractivity contribution in [1.82, 2.24) is 10.2 Å². The van der Waals surface area contributed by atoms with Crippen LogP contribution in [0.2, 0.25) is 0 Å². The fraction of sp³-hybridized carbons (Fsp3) is 1.00.